The Morgan fingerprint density at radius 1 is 1.32 bits per heavy atom. The number of benzene rings is 1. The molecule has 0 radical (unpaired) electrons. The summed E-state index contributed by atoms with van der Waals surface area (Å²) in [7, 11) is 3.65. The molecule has 19 heavy (non-hydrogen) atoms. The van der Waals surface area contributed by atoms with Crippen molar-refractivity contribution in [3.05, 3.63) is 41.6 Å². The Morgan fingerprint density at radius 2 is 2.05 bits per heavy atom. The van der Waals surface area contributed by atoms with Crippen LogP contribution < -0.4 is 15.4 Å². The van der Waals surface area contributed by atoms with Crippen molar-refractivity contribution in [1.82, 2.24) is 9.97 Å². The van der Waals surface area contributed by atoms with Gasteiger partial charge in [0.05, 0.1) is 7.11 Å². The molecule has 0 aliphatic heterocycles. The Morgan fingerprint density at radius 3 is 2.79 bits per heavy atom. The summed E-state index contributed by atoms with van der Waals surface area (Å²) in [4.78, 5) is 10.3. The molecule has 0 bridgehead atoms. The van der Waals surface area contributed by atoms with E-state index < -0.39 is 0 Å². The second kappa shape index (κ2) is 5.56. The minimum absolute atomic E-state index is 0.285. The van der Waals surface area contributed by atoms with Crippen LogP contribution in [-0.2, 0) is 6.54 Å². The number of aromatic nitrogens is 2. The van der Waals surface area contributed by atoms with Crippen LogP contribution in [0, 0.1) is 6.92 Å². The fraction of sp³-hybridized carbons (Fsp3) is 0.286. The number of ether oxygens (including phenoxy) is 1. The summed E-state index contributed by atoms with van der Waals surface area (Å²) in [6.07, 6.45) is 1.73. The van der Waals surface area contributed by atoms with Gasteiger partial charge in [-0.3, -0.25) is 0 Å². The van der Waals surface area contributed by atoms with Gasteiger partial charge in [-0.1, -0.05) is 18.2 Å². The van der Waals surface area contributed by atoms with E-state index in [0.29, 0.717) is 6.54 Å². The number of methoxy groups -OCH3 is 1. The van der Waals surface area contributed by atoms with E-state index in [0.717, 1.165) is 22.7 Å². The molecule has 0 aliphatic rings. The standard InChI is InChI=1S/C14H18N4O/c1-10-8-16-14(15)17-13(10)18(2)9-11-6-4-5-7-12(11)19-3/h4-8H,9H2,1-3H3,(H2,15,16,17). The lowest BCUT2D eigenvalue weighted by atomic mass is 10.2. The monoisotopic (exact) mass is 258 g/mol. The van der Waals surface area contributed by atoms with Gasteiger partial charge in [0.15, 0.2) is 0 Å². The van der Waals surface area contributed by atoms with Gasteiger partial charge in [-0.2, -0.15) is 4.98 Å². The molecule has 1 aromatic carbocycles. The molecule has 2 aromatic rings. The molecular formula is C14H18N4O. The lowest BCUT2D eigenvalue weighted by Crippen LogP contribution is -2.20. The summed E-state index contributed by atoms with van der Waals surface area (Å²) < 4.78 is 5.35. The first kappa shape index (κ1) is 13.1. The van der Waals surface area contributed by atoms with Crippen LogP contribution in [0.4, 0.5) is 11.8 Å². The SMILES string of the molecule is COc1ccccc1CN(C)c1nc(N)ncc1C. The molecule has 1 heterocycles. The largest absolute Gasteiger partial charge is 0.496 e. The Kier molecular flexibility index (Phi) is 3.85. The Balaban J connectivity index is 2.25. The molecule has 0 spiro atoms. The van der Waals surface area contributed by atoms with Crippen molar-refractivity contribution in [2.24, 2.45) is 0 Å². The highest BCUT2D eigenvalue weighted by Crippen LogP contribution is 2.22. The van der Waals surface area contributed by atoms with E-state index in [-0.39, 0.29) is 5.95 Å². The molecule has 100 valence electrons. The van der Waals surface area contributed by atoms with Gasteiger partial charge in [0.1, 0.15) is 11.6 Å². The molecule has 2 N–H and O–H groups in total. The van der Waals surface area contributed by atoms with Crippen molar-refractivity contribution in [2.45, 2.75) is 13.5 Å². The minimum Gasteiger partial charge on any atom is -0.496 e. The van der Waals surface area contributed by atoms with E-state index in [1.807, 2.05) is 43.1 Å². The number of para-hydroxylation sites is 1. The van der Waals surface area contributed by atoms with Crippen molar-refractivity contribution in [2.75, 3.05) is 24.8 Å². The zero-order chi connectivity index (χ0) is 13.8. The first-order chi connectivity index (χ1) is 9.11. The summed E-state index contributed by atoms with van der Waals surface area (Å²) in [6.45, 7) is 2.66. The summed E-state index contributed by atoms with van der Waals surface area (Å²) in [5, 5.41) is 0. The van der Waals surface area contributed by atoms with Gasteiger partial charge < -0.3 is 15.4 Å². The van der Waals surface area contributed by atoms with E-state index in [1.165, 1.54) is 0 Å². The van der Waals surface area contributed by atoms with Crippen LogP contribution >= 0.6 is 0 Å². The van der Waals surface area contributed by atoms with E-state index in [9.17, 15) is 0 Å². The average Bonchev–Trinajstić information content (AvgIpc) is 2.42. The van der Waals surface area contributed by atoms with Crippen LogP contribution in [-0.4, -0.2) is 24.1 Å². The van der Waals surface area contributed by atoms with Crippen LogP contribution in [0.15, 0.2) is 30.5 Å². The van der Waals surface area contributed by atoms with Crippen LogP contribution in [0.2, 0.25) is 0 Å². The second-order valence-corrected chi connectivity index (χ2v) is 4.40. The maximum absolute atomic E-state index is 5.64. The van der Waals surface area contributed by atoms with Gasteiger partial charge in [0.25, 0.3) is 0 Å². The molecule has 2 rings (SSSR count). The van der Waals surface area contributed by atoms with Gasteiger partial charge in [-0.15, -0.1) is 0 Å². The smallest absolute Gasteiger partial charge is 0.221 e. The van der Waals surface area contributed by atoms with E-state index in [1.54, 1.807) is 13.3 Å². The topological polar surface area (TPSA) is 64.3 Å². The molecule has 0 atom stereocenters. The first-order valence-corrected chi connectivity index (χ1v) is 6.04. The van der Waals surface area contributed by atoms with E-state index in [4.69, 9.17) is 10.5 Å². The molecule has 1 aromatic heterocycles. The van der Waals surface area contributed by atoms with Crippen molar-refractivity contribution < 1.29 is 4.74 Å². The van der Waals surface area contributed by atoms with E-state index in [2.05, 4.69) is 9.97 Å². The third-order valence-electron chi connectivity index (χ3n) is 2.93. The lowest BCUT2D eigenvalue weighted by molar-refractivity contribution is 0.409. The van der Waals surface area contributed by atoms with Crippen molar-refractivity contribution in [3.8, 4) is 5.75 Å². The third kappa shape index (κ3) is 2.93. The van der Waals surface area contributed by atoms with Gasteiger partial charge in [0, 0.05) is 30.9 Å². The fourth-order valence-corrected chi connectivity index (χ4v) is 2.00. The summed E-state index contributed by atoms with van der Waals surface area (Å²) in [6, 6.07) is 7.93. The summed E-state index contributed by atoms with van der Waals surface area (Å²) in [5.74, 6) is 1.99. The van der Waals surface area contributed by atoms with Crippen LogP contribution in [0.3, 0.4) is 0 Å². The highest BCUT2D eigenvalue weighted by atomic mass is 16.5. The molecule has 0 saturated heterocycles. The second-order valence-electron chi connectivity index (χ2n) is 4.40. The van der Waals surface area contributed by atoms with Crippen molar-refractivity contribution in [1.29, 1.82) is 0 Å². The zero-order valence-corrected chi connectivity index (χ0v) is 11.4. The molecule has 0 aliphatic carbocycles. The van der Waals surface area contributed by atoms with Gasteiger partial charge >= 0.3 is 0 Å². The van der Waals surface area contributed by atoms with Crippen molar-refractivity contribution >= 4 is 11.8 Å². The quantitative estimate of drug-likeness (QED) is 0.908. The molecule has 0 amide bonds. The Bertz CT molecular complexity index is 571. The molecular weight excluding hydrogens is 240 g/mol. The number of anilines is 2. The molecule has 0 unspecified atom stereocenters. The predicted octanol–water partition coefficient (Wildman–Crippen LogP) is 2.01. The number of nitrogens with two attached hydrogens (primary N) is 1. The van der Waals surface area contributed by atoms with Crippen LogP contribution in [0.5, 0.6) is 5.75 Å². The van der Waals surface area contributed by atoms with Crippen LogP contribution in [0.1, 0.15) is 11.1 Å². The molecule has 0 fully saturated rings. The highest BCUT2D eigenvalue weighted by molar-refractivity contribution is 5.48. The molecule has 0 saturated carbocycles. The fourth-order valence-electron chi connectivity index (χ4n) is 2.00. The predicted molar refractivity (Wildman–Crippen MR) is 76.3 cm³/mol. The number of nitrogens with zero attached hydrogens (tertiary/aromatic N) is 3. The maximum atomic E-state index is 5.64. The Labute approximate surface area is 113 Å². The number of rotatable bonds is 4. The summed E-state index contributed by atoms with van der Waals surface area (Å²) in [5.41, 5.74) is 7.73. The zero-order valence-electron chi connectivity index (χ0n) is 11.4. The van der Waals surface area contributed by atoms with Gasteiger partial charge in [-0.05, 0) is 13.0 Å². The lowest BCUT2D eigenvalue weighted by Gasteiger charge is -2.21. The Hall–Kier alpha value is -2.30. The minimum atomic E-state index is 0.285. The highest BCUT2D eigenvalue weighted by Gasteiger charge is 2.10. The third-order valence-corrected chi connectivity index (χ3v) is 2.93. The first-order valence-electron chi connectivity index (χ1n) is 6.04. The normalized spacial score (nSPS) is 10.3. The summed E-state index contributed by atoms with van der Waals surface area (Å²) >= 11 is 0. The number of aryl methyl sites for hydroxylation is 1. The average molecular weight is 258 g/mol. The number of nitrogen functional groups attached to an aromatic ring is 1. The van der Waals surface area contributed by atoms with Gasteiger partial charge in [0.2, 0.25) is 5.95 Å². The van der Waals surface area contributed by atoms with Gasteiger partial charge in [-0.25, -0.2) is 4.98 Å². The number of hydrogen-bond donors (Lipinski definition) is 1. The molecule has 5 nitrogen and oxygen atoms in total. The van der Waals surface area contributed by atoms with Crippen molar-refractivity contribution in [3.63, 3.8) is 0 Å². The van der Waals surface area contributed by atoms with E-state index >= 15 is 0 Å². The van der Waals surface area contributed by atoms with Crippen LogP contribution in [0.25, 0.3) is 0 Å². The molecule has 5 heteroatoms. The number of hydrogen-bond acceptors (Lipinski definition) is 5. The maximum Gasteiger partial charge on any atom is 0.221 e.